The maximum atomic E-state index is 13.3. The average molecular weight is 288 g/mol. The van der Waals surface area contributed by atoms with Crippen LogP contribution in [0.3, 0.4) is 0 Å². The molecule has 2 rings (SSSR count). The Hall–Kier alpha value is -2.07. The molecule has 0 saturated carbocycles. The third kappa shape index (κ3) is 3.52. The molecule has 112 valence electrons. The fourth-order valence-corrected chi connectivity index (χ4v) is 2.50. The highest BCUT2D eigenvalue weighted by atomic mass is 19.1. The zero-order chi connectivity index (χ0) is 15.4. The molecule has 21 heavy (non-hydrogen) atoms. The molecule has 0 spiro atoms. The first-order valence-electron chi connectivity index (χ1n) is 6.91. The predicted molar refractivity (Wildman–Crippen MR) is 84.1 cm³/mol. The van der Waals surface area contributed by atoms with Crippen molar-refractivity contribution in [1.29, 1.82) is 0 Å². The molecule has 2 N–H and O–H groups in total. The maximum Gasteiger partial charge on any atom is 0.125 e. The smallest absolute Gasteiger partial charge is 0.125 e. The van der Waals surface area contributed by atoms with E-state index in [9.17, 15) is 4.39 Å². The van der Waals surface area contributed by atoms with Crippen LogP contribution in [-0.4, -0.2) is 14.2 Å². The Morgan fingerprint density at radius 3 is 2.57 bits per heavy atom. The number of benzene rings is 2. The van der Waals surface area contributed by atoms with Gasteiger partial charge in [-0.05, 0) is 36.8 Å². The van der Waals surface area contributed by atoms with E-state index in [0.717, 1.165) is 22.6 Å². The summed E-state index contributed by atoms with van der Waals surface area (Å²) in [4.78, 5) is 2.05. The van der Waals surface area contributed by atoms with E-state index in [0.29, 0.717) is 6.54 Å². The maximum absolute atomic E-state index is 13.3. The minimum atomic E-state index is -0.223. The highest BCUT2D eigenvalue weighted by molar-refractivity contribution is 5.60. The van der Waals surface area contributed by atoms with E-state index < -0.39 is 0 Å². The molecule has 0 aromatic heterocycles. The normalized spacial score (nSPS) is 12.0. The van der Waals surface area contributed by atoms with Gasteiger partial charge in [-0.2, -0.15) is 0 Å². The number of methoxy groups -OCH3 is 1. The van der Waals surface area contributed by atoms with E-state index >= 15 is 0 Å². The van der Waals surface area contributed by atoms with Crippen molar-refractivity contribution < 1.29 is 9.13 Å². The Balaban J connectivity index is 2.32. The number of halogens is 1. The number of ether oxygens (including phenoxy) is 1. The standard InChI is InChI=1S/C17H21FN2O/c1-12(19)17-15(8-5-9-16(17)21-3)20(2)11-13-6-4-7-14(18)10-13/h4-10,12H,11,19H2,1-3H3/t12-/m1/s1. The molecule has 0 unspecified atom stereocenters. The van der Waals surface area contributed by atoms with Crippen molar-refractivity contribution in [2.24, 2.45) is 5.73 Å². The molecule has 0 heterocycles. The Labute approximate surface area is 125 Å². The molecule has 0 fully saturated rings. The van der Waals surface area contributed by atoms with Gasteiger partial charge in [0.05, 0.1) is 7.11 Å². The van der Waals surface area contributed by atoms with Crippen LogP contribution in [0.15, 0.2) is 42.5 Å². The Morgan fingerprint density at radius 2 is 1.95 bits per heavy atom. The molecule has 4 heteroatoms. The van der Waals surface area contributed by atoms with Gasteiger partial charge in [-0.3, -0.25) is 0 Å². The van der Waals surface area contributed by atoms with Crippen molar-refractivity contribution in [2.45, 2.75) is 19.5 Å². The topological polar surface area (TPSA) is 38.5 Å². The van der Waals surface area contributed by atoms with Gasteiger partial charge < -0.3 is 15.4 Å². The van der Waals surface area contributed by atoms with Crippen LogP contribution < -0.4 is 15.4 Å². The van der Waals surface area contributed by atoms with Gasteiger partial charge in [-0.15, -0.1) is 0 Å². The molecule has 2 aromatic carbocycles. The highest BCUT2D eigenvalue weighted by Crippen LogP contribution is 2.33. The summed E-state index contributed by atoms with van der Waals surface area (Å²) >= 11 is 0. The van der Waals surface area contributed by atoms with Gasteiger partial charge in [0.1, 0.15) is 11.6 Å². The first-order chi connectivity index (χ1) is 10.0. The van der Waals surface area contributed by atoms with E-state index in [4.69, 9.17) is 10.5 Å². The number of nitrogens with two attached hydrogens (primary N) is 1. The summed E-state index contributed by atoms with van der Waals surface area (Å²) in [6.07, 6.45) is 0. The second-order valence-electron chi connectivity index (χ2n) is 5.17. The van der Waals surface area contributed by atoms with Gasteiger partial charge in [-0.1, -0.05) is 18.2 Å². The number of hydrogen-bond acceptors (Lipinski definition) is 3. The monoisotopic (exact) mass is 288 g/mol. The van der Waals surface area contributed by atoms with E-state index in [1.54, 1.807) is 19.2 Å². The zero-order valence-electron chi connectivity index (χ0n) is 12.6. The Bertz CT molecular complexity index is 613. The summed E-state index contributed by atoms with van der Waals surface area (Å²) < 4.78 is 18.7. The molecule has 0 amide bonds. The zero-order valence-corrected chi connectivity index (χ0v) is 12.6. The first kappa shape index (κ1) is 15.3. The summed E-state index contributed by atoms with van der Waals surface area (Å²) in [5, 5.41) is 0. The first-order valence-corrected chi connectivity index (χ1v) is 6.91. The number of rotatable bonds is 5. The van der Waals surface area contributed by atoms with Crippen LogP contribution in [0, 0.1) is 5.82 Å². The van der Waals surface area contributed by atoms with Crippen molar-refractivity contribution >= 4 is 5.69 Å². The minimum absolute atomic E-state index is 0.147. The fraction of sp³-hybridized carbons (Fsp3) is 0.294. The van der Waals surface area contributed by atoms with E-state index in [-0.39, 0.29) is 11.9 Å². The van der Waals surface area contributed by atoms with E-state index in [1.165, 1.54) is 6.07 Å². The lowest BCUT2D eigenvalue weighted by atomic mass is 10.0. The van der Waals surface area contributed by atoms with Crippen LogP contribution in [-0.2, 0) is 6.54 Å². The number of anilines is 1. The molecule has 1 atom stereocenters. The van der Waals surface area contributed by atoms with Crippen molar-refractivity contribution in [2.75, 3.05) is 19.1 Å². The van der Waals surface area contributed by atoms with Gasteiger partial charge in [-0.25, -0.2) is 4.39 Å². The highest BCUT2D eigenvalue weighted by Gasteiger charge is 2.16. The number of nitrogens with zero attached hydrogens (tertiary/aromatic N) is 1. The summed E-state index contributed by atoms with van der Waals surface area (Å²) in [6, 6.07) is 12.3. The van der Waals surface area contributed by atoms with Gasteiger partial charge in [0.25, 0.3) is 0 Å². The second-order valence-corrected chi connectivity index (χ2v) is 5.17. The van der Waals surface area contributed by atoms with E-state index in [1.807, 2.05) is 38.2 Å². The predicted octanol–water partition coefficient (Wildman–Crippen LogP) is 3.49. The summed E-state index contributed by atoms with van der Waals surface area (Å²) in [5.74, 6) is 0.549. The van der Waals surface area contributed by atoms with Crippen LogP contribution in [0.1, 0.15) is 24.1 Å². The summed E-state index contributed by atoms with van der Waals surface area (Å²) in [6.45, 7) is 2.53. The van der Waals surface area contributed by atoms with Gasteiger partial charge in [0.2, 0.25) is 0 Å². The SMILES string of the molecule is COc1cccc(N(C)Cc2cccc(F)c2)c1[C@@H](C)N. The molecular formula is C17H21FN2O. The number of hydrogen-bond donors (Lipinski definition) is 1. The molecule has 0 saturated heterocycles. The molecule has 0 bridgehead atoms. The third-order valence-electron chi connectivity index (χ3n) is 3.44. The Morgan fingerprint density at radius 1 is 1.24 bits per heavy atom. The lowest BCUT2D eigenvalue weighted by molar-refractivity contribution is 0.407. The van der Waals surface area contributed by atoms with Crippen LogP contribution in [0.25, 0.3) is 0 Å². The third-order valence-corrected chi connectivity index (χ3v) is 3.44. The van der Waals surface area contributed by atoms with Gasteiger partial charge >= 0.3 is 0 Å². The van der Waals surface area contributed by atoms with Crippen molar-refractivity contribution in [1.82, 2.24) is 0 Å². The minimum Gasteiger partial charge on any atom is -0.496 e. The van der Waals surface area contributed by atoms with Crippen LogP contribution in [0.2, 0.25) is 0 Å². The van der Waals surface area contributed by atoms with Crippen LogP contribution >= 0.6 is 0 Å². The second kappa shape index (κ2) is 6.59. The van der Waals surface area contributed by atoms with Gasteiger partial charge in [0.15, 0.2) is 0 Å². The molecule has 0 aliphatic heterocycles. The van der Waals surface area contributed by atoms with Crippen molar-refractivity contribution in [3.05, 3.63) is 59.4 Å². The largest absolute Gasteiger partial charge is 0.496 e. The van der Waals surface area contributed by atoms with Gasteiger partial charge in [0, 0.05) is 30.9 Å². The quantitative estimate of drug-likeness (QED) is 0.915. The average Bonchev–Trinajstić information content (AvgIpc) is 2.46. The molecule has 0 radical (unpaired) electrons. The summed E-state index contributed by atoms with van der Waals surface area (Å²) in [7, 11) is 3.60. The van der Waals surface area contributed by atoms with E-state index in [2.05, 4.69) is 4.90 Å². The molecule has 3 nitrogen and oxygen atoms in total. The van der Waals surface area contributed by atoms with Crippen molar-refractivity contribution in [3.8, 4) is 5.75 Å². The summed E-state index contributed by atoms with van der Waals surface area (Å²) in [5.41, 5.74) is 8.94. The molecule has 0 aliphatic carbocycles. The lowest BCUT2D eigenvalue weighted by Gasteiger charge is -2.25. The van der Waals surface area contributed by atoms with Crippen LogP contribution in [0.4, 0.5) is 10.1 Å². The van der Waals surface area contributed by atoms with Crippen molar-refractivity contribution in [3.63, 3.8) is 0 Å². The van der Waals surface area contributed by atoms with Crippen LogP contribution in [0.5, 0.6) is 5.75 Å². The molecule has 0 aliphatic rings. The molecular weight excluding hydrogens is 267 g/mol. The molecule has 2 aromatic rings. The fourth-order valence-electron chi connectivity index (χ4n) is 2.50. The lowest BCUT2D eigenvalue weighted by Crippen LogP contribution is -2.20. The Kier molecular flexibility index (Phi) is 4.81.